The maximum Gasteiger partial charge on any atom is 0.337 e. The van der Waals surface area contributed by atoms with Crippen molar-refractivity contribution in [1.29, 1.82) is 5.26 Å². The molecule has 0 radical (unpaired) electrons. The lowest BCUT2D eigenvalue weighted by atomic mass is 10.1. The fourth-order valence-electron chi connectivity index (χ4n) is 3.09. The maximum absolute atomic E-state index is 12.4. The van der Waals surface area contributed by atoms with Gasteiger partial charge in [0.25, 0.3) is 10.0 Å². The van der Waals surface area contributed by atoms with Gasteiger partial charge in [-0.3, -0.25) is 9.62 Å². The highest BCUT2D eigenvalue weighted by Gasteiger charge is 2.23. The van der Waals surface area contributed by atoms with E-state index in [1.807, 2.05) is 4.90 Å². The summed E-state index contributed by atoms with van der Waals surface area (Å²) in [5.41, 5.74) is 0.825. The number of nitrogens with zero attached hydrogens (tertiary/aromatic N) is 3. The number of aromatic carboxylic acids is 1. The molecule has 2 heterocycles. The van der Waals surface area contributed by atoms with Crippen molar-refractivity contribution in [2.24, 2.45) is 0 Å². The van der Waals surface area contributed by atoms with E-state index in [0.717, 1.165) is 24.4 Å². The third-order valence-corrected chi connectivity index (χ3v) is 7.27. The van der Waals surface area contributed by atoms with E-state index in [4.69, 9.17) is 5.26 Å². The number of carbonyl (C=O) groups is 1. The minimum Gasteiger partial charge on any atom is -0.478 e. The van der Waals surface area contributed by atoms with Crippen LogP contribution < -0.4 is 9.62 Å². The van der Waals surface area contributed by atoms with Crippen molar-refractivity contribution in [3.8, 4) is 6.07 Å². The lowest BCUT2D eigenvalue weighted by Crippen LogP contribution is -2.47. The lowest BCUT2D eigenvalue weighted by molar-refractivity contribution is 0.0697. The van der Waals surface area contributed by atoms with E-state index in [0.29, 0.717) is 31.7 Å². The number of anilines is 2. The second-order valence-corrected chi connectivity index (χ2v) is 9.17. The highest BCUT2D eigenvalue weighted by molar-refractivity contribution is 7.94. The molecule has 8 nitrogen and oxygen atoms in total. The lowest BCUT2D eigenvalue weighted by Gasteiger charge is -2.36. The molecule has 1 aromatic heterocycles. The number of nitrogens with one attached hydrogen (secondary N) is 1. The molecule has 1 saturated heterocycles. The Bertz CT molecular complexity index is 976. The van der Waals surface area contributed by atoms with Crippen molar-refractivity contribution < 1.29 is 18.3 Å². The first-order valence-electron chi connectivity index (χ1n) is 8.68. The summed E-state index contributed by atoms with van der Waals surface area (Å²) in [7, 11) is -3.74. The Kier molecular flexibility index (Phi) is 6.18. The summed E-state index contributed by atoms with van der Waals surface area (Å²) in [6.45, 7) is 3.48. The number of carboxylic acid groups (broad SMARTS) is 1. The number of hydrogen-bond acceptors (Lipinski definition) is 7. The zero-order valence-electron chi connectivity index (χ0n) is 15.0. The standard InChI is InChI=1S/C18H20N4O4S2/c19-6-2-7-21-8-10-22(11-9-21)16-5-4-14(13-15(16)18(23)24)20-28(25,26)17-3-1-12-27-17/h1,3-5,12-13,20H,2,7-11H2,(H,23,24). The average Bonchev–Trinajstić information content (AvgIpc) is 3.22. The van der Waals surface area contributed by atoms with Crippen molar-refractivity contribution in [1.82, 2.24) is 4.90 Å². The number of thiophene rings is 1. The van der Waals surface area contributed by atoms with Gasteiger partial charge < -0.3 is 10.0 Å². The molecule has 0 spiro atoms. The molecule has 0 unspecified atom stereocenters. The van der Waals surface area contributed by atoms with Crippen LogP contribution in [0.15, 0.2) is 39.9 Å². The Labute approximate surface area is 167 Å². The maximum atomic E-state index is 12.4. The molecule has 148 valence electrons. The largest absolute Gasteiger partial charge is 0.478 e. The highest BCUT2D eigenvalue weighted by Crippen LogP contribution is 2.28. The average molecular weight is 421 g/mol. The molecule has 2 N–H and O–H groups in total. The number of nitriles is 1. The van der Waals surface area contributed by atoms with E-state index in [1.165, 1.54) is 12.1 Å². The summed E-state index contributed by atoms with van der Waals surface area (Å²) in [5.74, 6) is -1.11. The van der Waals surface area contributed by atoms with Crippen molar-refractivity contribution >= 4 is 38.7 Å². The van der Waals surface area contributed by atoms with E-state index in [2.05, 4.69) is 15.7 Å². The Hall–Kier alpha value is -2.61. The van der Waals surface area contributed by atoms with Gasteiger partial charge in [0.1, 0.15) is 4.21 Å². The number of piperazine rings is 1. The van der Waals surface area contributed by atoms with Crippen molar-refractivity contribution in [2.45, 2.75) is 10.6 Å². The Balaban J connectivity index is 1.77. The molecule has 0 amide bonds. The van der Waals surface area contributed by atoms with Gasteiger partial charge in [0, 0.05) is 44.8 Å². The van der Waals surface area contributed by atoms with Gasteiger partial charge in [0.2, 0.25) is 0 Å². The van der Waals surface area contributed by atoms with Crippen molar-refractivity contribution in [2.75, 3.05) is 42.3 Å². The van der Waals surface area contributed by atoms with Crippen LogP contribution in [0.4, 0.5) is 11.4 Å². The van der Waals surface area contributed by atoms with Crippen LogP contribution in [0.25, 0.3) is 0 Å². The van der Waals surface area contributed by atoms with E-state index in [9.17, 15) is 18.3 Å². The third kappa shape index (κ3) is 4.62. The summed E-state index contributed by atoms with van der Waals surface area (Å²) in [5, 5.41) is 20.0. The molecule has 1 aliphatic heterocycles. The van der Waals surface area contributed by atoms with Crippen LogP contribution >= 0.6 is 11.3 Å². The van der Waals surface area contributed by atoms with Crippen molar-refractivity contribution in [3.63, 3.8) is 0 Å². The minimum absolute atomic E-state index is 0.0526. The fraction of sp³-hybridized carbons (Fsp3) is 0.333. The molecule has 3 rings (SSSR count). The molecule has 0 saturated carbocycles. The zero-order valence-corrected chi connectivity index (χ0v) is 16.7. The highest BCUT2D eigenvalue weighted by atomic mass is 32.2. The van der Waals surface area contributed by atoms with Crippen LogP contribution in [0.5, 0.6) is 0 Å². The van der Waals surface area contributed by atoms with Gasteiger partial charge in [-0.25, -0.2) is 13.2 Å². The van der Waals surface area contributed by atoms with E-state index >= 15 is 0 Å². The zero-order chi connectivity index (χ0) is 20.1. The SMILES string of the molecule is N#CCCN1CCN(c2ccc(NS(=O)(=O)c3cccs3)cc2C(=O)O)CC1. The van der Waals surface area contributed by atoms with Gasteiger partial charge in [-0.2, -0.15) is 5.26 Å². The number of sulfonamides is 1. The predicted molar refractivity (Wildman–Crippen MR) is 107 cm³/mol. The molecular weight excluding hydrogens is 400 g/mol. The molecule has 28 heavy (non-hydrogen) atoms. The van der Waals surface area contributed by atoms with Crippen LogP contribution in [0.2, 0.25) is 0 Å². The Morgan fingerprint density at radius 2 is 2.00 bits per heavy atom. The van der Waals surface area contributed by atoms with Gasteiger partial charge >= 0.3 is 5.97 Å². The first-order chi connectivity index (χ1) is 13.4. The summed E-state index contributed by atoms with van der Waals surface area (Å²) in [6, 6.07) is 9.83. The number of benzene rings is 1. The second-order valence-electron chi connectivity index (χ2n) is 6.31. The van der Waals surface area contributed by atoms with Gasteiger partial charge in [-0.05, 0) is 29.6 Å². The first-order valence-corrected chi connectivity index (χ1v) is 11.0. The van der Waals surface area contributed by atoms with E-state index < -0.39 is 16.0 Å². The molecule has 2 aromatic rings. The van der Waals surface area contributed by atoms with Gasteiger partial charge in [0.15, 0.2) is 0 Å². The van der Waals surface area contributed by atoms with Gasteiger partial charge in [-0.15, -0.1) is 11.3 Å². The van der Waals surface area contributed by atoms with Crippen LogP contribution in [-0.2, 0) is 10.0 Å². The monoisotopic (exact) mass is 420 g/mol. The molecule has 0 aliphatic carbocycles. The Morgan fingerprint density at radius 3 is 2.61 bits per heavy atom. The summed E-state index contributed by atoms with van der Waals surface area (Å²) >= 11 is 1.09. The fourth-order valence-corrected chi connectivity index (χ4v) is 5.13. The van der Waals surface area contributed by atoms with Gasteiger partial charge in [-0.1, -0.05) is 6.07 Å². The van der Waals surface area contributed by atoms with E-state index in [1.54, 1.807) is 23.6 Å². The molecule has 1 fully saturated rings. The van der Waals surface area contributed by atoms with Crippen LogP contribution in [-0.4, -0.2) is 57.1 Å². The normalized spacial score (nSPS) is 15.2. The van der Waals surface area contributed by atoms with Gasteiger partial charge in [0.05, 0.1) is 17.3 Å². The van der Waals surface area contributed by atoms with E-state index in [-0.39, 0.29) is 15.5 Å². The molecule has 10 heteroatoms. The third-order valence-electron chi connectivity index (χ3n) is 4.49. The quantitative estimate of drug-likeness (QED) is 0.706. The molecule has 1 aromatic carbocycles. The molecule has 0 bridgehead atoms. The summed E-state index contributed by atoms with van der Waals surface area (Å²) in [4.78, 5) is 15.9. The number of carboxylic acids is 1. The first kappa shape index (κ1) is 20.1. The molecular formula is C18H20N4O4S2. The number of rotatable bonds is 7. The Morgan fingerprint density at radius 1 is 1.25 bits per heavy atom. The second kappa shape index (κ2) is 8.60. The smallest absolute Gasteiger partial charge is 0.337 e. The minimum atomic E-state index is -3.74. The van der Waals surface area contributed by atoms with Crippen LogP contribution in [0.1, 0.15) is 16.8 Å². The van der Waals surface area contributed by atoms with Crippen LogP contribution in [0.3, 0.4) is 0 Å². The number of hydrogen-bond donors (Lipinski definition) is 2. The molecule has 1 aliphatic rings. The summed E-state index contributed by atoms with van der Waals surface area (Å²) < 4.78 is 27.3. The van der Waals surface area contributed by atoms with Crippen LogP contribution in [0, 0.1) is 11.3 Å². The predicted octanol–water partition coefficient (Wildman–Crippen LogP) is 2.28. The topological polar surface area (TPSA) is 114 Å². The molecule has 0 atom stereocenters. The van der Waals surface area contributed by atoms with Crippen molar-refractivity contribution in [3.05, 3.63) is 41.3 Å². The summed E-state index contributed by atoms with van der Waals surface area (Å²) in [6.07, 6.45) is 0.472.